The number of carbonyl (C=O) groups excluding carboxylic acids is 1. The minimum Gasteiger partial charge on any atom is -0.367 e. The van der Waals surface area contributed by atoms with Crippen molar-refractivity contribution >= 4 is 34.0 Å². The van der Waals surface area contributed by atoms with E-state index >= 15 is 0 Å². The molecule has 2 atom stereocenters. The summed E-state index contributed by atoms with van der Waals surface area (Å²) in [4.78, 5) is 28.1. The normalized spacial score (nSPS) is 18.8. The third-order valence-electron chi connectivity index (χ3n) is 5.78. The van der Waals surface area contributed by atoms with E-state index in [1.807, 2.05) is 6.07 Å². The Bertz CT molecular complexity index is 1380. The van der Waals surface area contributed by atoms with E-state index < -0.39 is 17.7 Å². The monoisotopic (exact) mass is 451 g/mol. The molecule has 0 saturated carbocycles. The van der Waals surface area contributed by atoms with Gasteiger partial charge in [0.15, 0.2) is 11.5 Å². The van der Waals surface area contributed by atoms with Gasteiger partial charge in [-0.1, -0.05) is 0 Å². The highest BCUT2D eigenvalue weighted by Gasteiger charge is 2.25. The molecule has 10 heteroatoms. The van der Waals surface area contributed by atoms with Gasteiger partial charge in [0.1, 0.15) is 11.0 Å². The van der Waals surface area contributed by atoms with Crippen molar-refractivity contribution in [3.63, 3.8) is 0 Å². The van der Waals surface area contributed by atoms with Crippen LogP contribution in [0.3, 0.4) is 0 Å². The summed E-state index contributed by atoms with van der Waals surface area (Å²) in [5.41, 5.74) is 2.29. The molecule has 1 aliphatic rings. The number of pyridine rings is 1. The molecule has 0 bridgehead atoms. The van der Waals surface area contributed by atoms with Crippen LogP contribution in [-0.4, -0.2) is 50.4 Å². The van der Waals surface area contributed by atoms with Gasteiger partial charge in [-0.05, 0) is 32.9 Å². The maximum absolute atomic E-state index is 14.4. The van der Waals surface area contributed by atoms with E-state index in [2.05, 4.69) is 44.3 Å². The van der Waals surface area contributed by atoms with Gasteiger partial charge in [0.25, 0.3) is 5.91 Å². The topological polar surface area (TPSA) is 87.5 Å². The lowest BCUT2D eigenvalue weighted by Crippen LogP contribution is -2.54. The van der Waals surface area contributed by atoms with Crippen LogP contribution in [0.2, 0.25) is 0 Å². The highest BCUT2D eigenvalue weighted by Crippen LogP contribution is 2.29. The molecule has 170 valence electrons. The highest BCUT2D eigenvalue weighted by atomic mass is 19.1. The molecule has 33 heavy (non-hydrogen) atoms. The Labute approximate surface area is 188 Å². The molecule has 0 radical (unpaired) electrons. The van der Waals surface area contributed by atoms with Gasteiger partial charge in [-0.15, -0.1) is 0 Å². The van der Waals surface area contributed by atoms with E-state index in [1.165, 1.54) is 19.3 Å². The largest absolute Gasteiger partial charge is 0.367 e. The van der Waals surface area contributed by atoms with Gasteiger partial charge in [-0.2, -0.15) is 4.39 Å². The number of benzene rings is 1. The van der Waals surface area contributed by atoms with Crippen molar-refractivity contribution in [2.45, 2.75) is 32.9 Å². The lowest BCUT2D eigenvalue weighted by molar-refractivity contribution is 0.102. The van der Waals surface area contributed by atoms with Crippen LogP contribution in [0.15, 0.2) is 36.8 Å². The van der Waals surface area contributed by atoms with E-state index in [0.29, 0.717) is 28.7 Å². The number of aromatic nitrogens is 4. The summed E-state index contributed by atoms with van der Waals surface area (Å²) in [6.45, 7) is 7.30. The first kappa shape index (κ1) is 21.2. The number of carbonyl (C=O) groups is 1. The Morgan fingerprint density at radius 1 is 1.12 bits per heavy atom. The standard InChI is InChI=1S/C23H23F2N7O/c1-12-9-31(10-13(2)28-12)18-5-4-16(19-20(18)27-7-6-26-19)23(33)30-15-8-17(24)22-29-14(3)21(25)32(22)11-15/h4-8,11-13,28H,9-10H2,1-3H3,(H,30,33)/t12-,13-/m1/s1. The van der Waals surface area contributed by atoms with Crippen molar-refractivity contribution in [2.75, 3.05) is 23.3 Å². The van der Waals surface area contributed by atoms with Crippen molar-refractivity contribution in [2.24, 2.45) is 0 Å². The smallest absolute Gasteiger partial charge is 0.257 e. The molecule has 5 rings (SSSR count). The number of aryl methyl sites for hydroxylation is 1. The van der Waals surface area contributed by atoms with Gasteiger partial charge in [0.05, 0.1) is 22.6 Å². The molecule has 4 aromatic rings. The lowest BCUT2D eigenvalue weighted by atomic mass is 10.1. The predicted molar refractivity (Wildman–Crippen MR) is 122 cm³/mol. The van der Waals surface area contributed by atoms with Crippen LogP contribution in [-0.2, 0) is 0 Å². The third kappa shape index (κ3) is 3.76. The van der Waals surface area contributed by atoms with Crippen molar-refractivity contribution in [3.8, 4) is 0 Å². The molecule has 1 aromatic carbocycles. The fourth-order valence-corrected chi connectivity index (χ4v) is 4.46. The summed E-state index contributed by atoms with van der Waals surface area (Å²) < 4.78 is 29.7. The Hall–Kier alpha value is -3.66. The maximum atomic E-state index is 14.4. The number of rotatable bonds is 3. The second-order valence-electron chi connectivity index (χ2n) is 8.47. The number of amides is 1. The van der Waals surface area contributed by atoms with Crippen LogP contribution in [0.5, 0.6) is 0 Å². The van der Waals surface area contributed by atoms with Gasteiger partial charge < -0.3 is 15.5 Å². The number of nitrogens with zero attached hydrogens (tertiary/aromatic N) is 5. The first-order chi connectivity index (χ1) is 15.8. The zero-order valence-electron chi connectivity index (χ0n) is 18.4. The van der Waals surface area contributed by atoms with Crippen LogP contribution >= 0.6 is 0 Å². The molecular weight excluding hydrogens is 428 g/mol. The van der Waals surface area contributed by atoms with E-state index in [1.54, 1.807) is 12.3 Å². The number of piperazine rings is 1. The van der Waals surface area contributed by atoms with E-state index in [-0.39, 0.29) is 17.0 Å². The summed E-state index contributed by atoms with van der Waals surface area (Å²) in [6, 6.07) is 5.28. The SMILES string of the molecule is Cc1nc2c(F)cc(NC(=O)c3ccc(N4C[C@@H](C)N[C@H](C)C4)c4nccnc34)cn2c1F. The summed E-state index contributed by atoms with van der Waals surface area (Å²) in [5, 5.41) is 6.15. The molecule has 0 aliphatic carbocycles. The molecule has 8 nitrogen and oxygen atoms in total. The van der Waals surface area contributed by atoms with Crippen molar-refractivity contribution in [1.82, 2.24) is 24.7 Å². The Morgan fingerprint density at radius 2 is 1.82 bits per heavy atom. The van der Waals surface area contributed by atoms with E-state index in [9.17, 15) is 13.6 Å². The summed E-state index contributed by atoms with van der Waals surface area (Å²) in [6.07, 6.45) is 4.43. The van der Waals surface area contributed by atoms with Crippen molar-refractivity contribution in [3.05, 3.63) is 59.8 Å². The zero-order chi connectivity index (χ0) is 23.3. The number of nitrogens with one attached hydrogen (secondary N) is 2. The second-order valence-corrected chi connectivity index (χ2v) is 8.47. The average Bonchev–Trinajstić information content (AvgIpc) is 3.06. The molecule has 0 spiro atoms. The van der Waals surface area contributed by atoms with Gasteiger partial charge in [0, 0.05) is 49.8 Å². The Balaban J connectivity index is 1.51. The third-order valence-corrected chi connectivity index (χ3v) is 5.78. The number of hydrogen-bond donors (Lipinski definition) is 2. The molecule has 3 aromatic heterocycles. The molecule has 1 fully saturated rings. The van der Waals surface area contributed by atoms with Crippen molar-refractivity contribution in [1.29, 1.82) is 0 Å². The number of hydrogen-bond acceptors (Lipinski definition) is 6. The molecule has 2 N–H and O–H groups in total. The first-order valence-corrected chi connectivity index (χ1v) is 10.7. The highest BCUT2D eigenvalue weighted by molar-refractivity contribution is 6.13. The van der Waals surface area contributed by atoms with Gasteiger partial charge >= 0.3 is 0 Å². The fourth-order valence-electron chi connectivity index (χ4n) is 4.46. The van der Waals surface area contributed by atoms with Gasteiger partial charge in [0.2, 0.25) is 5.95 Å². The molecular formula is C23H23F2N7O. The number of halogens is 2. The zero-order valence-corrected chi connectivity index (χ0v) is 18.4. The van der Waals surface area contributed by atoms with Gasteiger partial charge in [-0.3, -0.25) is 19.2 Å². The van der Waals surface area contributed by atoms with Crippen LogP contribution < -0.4 is 15.5 Å². The molecule has 1 amide bonds. The number of fused-ring (bicyclic) bond motifs is 2. The van der Waals surface area contributed by atoms with Crippen LogP contribution in [0, 0.1) is 18.7 Å². The Morgan fingerprint density at radius 3 is 2.55 bits per heavy atom. The lowest BCUT2D eigenvalue weighted by Gasteiger charge is -2.38. The van der Waals surface area contributed by atoms with E-state index in [0.717, 1.165) is 29.2 Å². The summed E-state index contributed by atoms with van der Waals surface area (Å²) >= 11 is 0. The Kier molecular flexibility index (Phi) is 5.16. The minimum absolute atomic E-state index is 0.0748. The first-order valence-electron chi connectivity index (χ1n) is 10.7. The molecule has 4 heterocycles. The molecule has 1 saturated heterocycles. The van der Waals surface area contributed by atoms with Crippen LogP contribution in [0.1, 0.15) is 29.9 Å². The maximum Gasteiger partial charge on any atom is 0.257 e. The fraction of sp³-hybridized carbons (Fsp3) is 0.304. The van der Waals surface area contributed by atoms with Gasteiger partial charge in [-0.25, -0.2) is 9.37 Å². The van der Waals surface area contributed by atoms with Crippen LogP contribution in [0.4, 0.5) is 20.2 Å². The summed E-state index contributed by atoms with van der Waals surface area (Å²) in [7, 11) is 0. The van der Waals surface area contributed by atoms with Crippen LogP contribution in [0.25, 0.3) is 16.7 Å². The number of anilines is 2. The van der Waals surface area contributed by atoms with E-state index in [4.69, 9.17) is 0 Å². The van der Waals surface area contributed by atoms with Crippen molar-refractivity contribution < 1.29 is 13.6 Å². The summed E-state index contributed by atoms with van der Waals surface area (Å²) in [5.74, 6) is -1.91. The molecule has 1 aliphatic heterocycles. The predicted octanol–water partition coefficient (Wildman–Crippen LogP) is 3.30. The average molecular weight is 451 g/mol. The quantitative estimate of drug-likeness (QED) is 0.497. The second kappa shape index (κ2) is 8.04. The molecule has 0 unspecified atom stereocenters. The minimum atomic E-state index is -0.734. The number of imidazole rings is 1.